The van der Waals surface area contributed by atoms with Crippen LogP contribution in [0.5, 0.6) is 11.6 Å². The second-order valence-electron chi connectivity index (χ2n) is 5.66. The summed E-state index contributed by atoms with van der Waals surface area (Å²) in [5, 5.41) is 8.19. The van der Waals surface area contributed by atoms with E-state index in [0.717, 1.165) is 0 Å². The van der Waals surface area contributed by atoms with Crippen LogP contribution >= 0.6 is 0 Å². The molecule has 0 unspecified atom stereocenters. The summed E-state index contributed by atoms with van der Waals surface area (Å²) in [6, 6.07) is 1.46. The van der Waals surface area contributed by atoms with Gasteiger partial charge in [0.1, 0.15) is 6.61 Å². The topological polar surface area (TPSA) is 117 Å². The molecule has 0 atom stereocenters. The van der Waals surface area contributed by atoms with Gasteiger partial charge in [0.05, 0.1) is 19.4 Å². The Kier molecular flexibility index (Phi) is 5.58. The van der Waals surface area contributed by atoms with E-state index >= 15 is 0 Å². The molecule has 136 valence electrons. The van der Waals surface area contributed by atoms with Crippen molar-refractivity contribution in [1.82, 2.24) is 4.98 Å². The molecule has 2 heterocycles. The van der Waals surface area contributed by atoms with E-state index in [1.165, 1.54) is 40.3 Å². The van der Waals surface area contributed by atoms with Crippen LogP contribution in [-0.2, 0) is 23.8 Å². The molecule has 1 aromatic rings. The maximum absolute atomic E-state index is 12.1. The molecule has 1 N–H and O–H groups in total. The molecule has 2 rings (SSSR count). The average molecular weight is 352 g/mol. The van der Waals surface area contributed by atoms with Crippen molar-refractivity contribution in [2.45, 2.75) is 19.6 Å². The van der Waals surface area contributed by atoms with Crippen molar-refractivity contribution in [2.24, 2.45) is 5.92 Å². The predicted molar refractivity (Wildman–Crippen MR) is 84.7 cm³/mol. The molecule has 0 radical (unpaired) electrons. The van der Waals surface area contributed by atoms with Crippen LogP contribution < -0.4 is 9.47 Å². The zero-order valence-electron chi connectivity index (χ0n) is 14.5. The lowest BCUT2D eigenvalue weighted by atomic mass is 9.96. The fourth-order valence-electron chi connectivity index (χ4n) is 2.19. The van der Waals surface area contributed by atoms with Crippen molar-refractivity contribution in [3.63, 3.8) is 0 Å². The minimum atomic E-state index is -1.48. The SMILES string of the molecule is COCCOc1cc(C(=N)C2C(=O)OC(C)(C)OC2=O)cnc1OC. The number of pyridine rings is 1. The van der Waals surface area contributed by atoms with Gasteiger partial charge in [-0.05, 0) is 6.07 Å². The van der Waals surface area contributed by atoms with E-state index in [2.05, 4.69) is 4.98 Å². The number of nitrogens with one attached hydrogen (secondary N) is 1. The maximum Gasteiger partial charge on any atom is 0.329 e. The first-order valence-corrected chi connectivity index (χ1v) is 7.49. The number of ether oxygens (including phenoxy) is 5. The van der Waals surface area contributed by atoms with Gasteiger partial charge < -0.3 is 29.1 Å². The fraction of sp³-hybridized carbons (Fsp3) is 0.500. The minimum Gasteiger partial charge on any atom is -0.486 e. The summed E-state index contributed by atoms with van der Waals surface area (Å²) in [5.41, 5.74) is -0.0796. The molecule has 9 nitrogen and oxygen atoms in total. The second kappa shape index (κ2) is 7.47. The summed E-state index contributed by atoms with van der Waals surface area (Å²) in [4.78, 5) is 28.2. The number of nitrogens with zero attached hydrogens (tertiary/aromatic N) is 1. The largest absolute Gasteiger partial charge is 0.486 e. The number of cyclic esters (lactones) is 2. The van der Waals surface area contributed by atoms with Gasteiger partial charge in [0.25, 0.3) is 11.7 Å². The summed E-state index contributed by atoms with van der Waals surface area (Å²) in [7, 11) is 2.96. The van der Waals surface area contributed by atoms with Gasteiger partial charge in [0.15, 0.2) is 11.7 Å². The summed E-state index contributed by atoms with van der Waals surface area (Å²) in [5.74, 6) is -4.04. The number of carbonyl (C=O) groups is 2. The lowest BCUT2D eigenvalue weighted by Gasteiger charge is -2.33. The first kappa shape index (κ1) is 18.7. The van der Waals surface area contributed by atoms with Gasteiger partial charge in [-0.25, -0.2) is 4.98 Å². The highest BCUT2D eigenvalue weighted by Crippen LogP contribution is 2.29. The number of hydrogen-bond acceptors (Lipinski definition) is 9. The summed E-state index contributed by atoms with van der Waals surface area (Å²) < 4.78 is 25.6. The highest BCUT2D eigenvalue weighted by Gasteiger charge is 2.46. The van der Waals surface area contributed by atoms with E-state index in [9.17, 15) is 9.59 Å². The molecule has 1 aliphatic heterocycles. The van der Waals surface area contributed by atoms with E-state index in [4.69, 9.17) is 29.1 Å². The van der Waals surface area contributed by atoms with Crippen LogP contribution in [0.4, 0.5) is 0 Å². The monoisotopic (exact) mass is 352 g/mol. The van der Waals surface area contributed by atoms with Crippen molar-refractivity contribution in [3.05, 3.63) is 17.8 Å². The van der Waals surface area contributed by atoms with E-state index in [0.29, 0.717) is 6.61 Å². The molecule has 1 saturated heterocycles. The fourth-order valence-corrected chi connectivity index (χ4v) is 2.19. The second-order valence-corrected chi connectivity index (χ2v) is 5.66. The molecule has 0 bridgehead atoms. The summed E-state index contributed by atoms with van der Waals surface area (Å²) in [6.45, 7) is 3.48. The highest BCUT2D eigenvalue weighted by atomic mass is 16.7. The Morgan fingerprint density at radius 2 is 1.88 bits per heavy atom. The van der Waals surface area contributed by atoms with Crippen LogP contribution in [0.1, 0.15) is 19.4 Å². The minimum absolute atomic E-state index is 0.211. The third kappa shape index (κ3) is 4.24. The van der Waals surface area contributed by atoms with Crippen LogP contribution in [0.25, 0.3) is 0 Å². The molecule has 1 aliphatic rings. The zero-order valence-corrected chi connectivity index (χ0v) is 14.5. The van der Waals surface area contributed by atoms with Gasteiger partial charge in [0, 0.05) is 32.7 Å². The van der Waals surface area contributed by atoms with Gasteiger partial charge in [-0.2, -0.15) is 0 Å². The Balaban J connectivity index is 2.25. The average Bonchev–Trinajstić information content (AvgIpc) is 2.53. The van der Waals surface area contributed by atoms with Crippen LogP contribution in [0.3, 0.4) is 0 Å². The zero-order chi connectivity index (χ0) is 18.6. The molecular weight excluding hydrogens is 332 g/mol. The number of hydrogen-bond donors (Lipinski definition) is 1. The molecule has 1 fully saturated rings. The molecule has 0 spiro atoms. The Morgan fingerprint density at radius 1 is 1.24 bits per heavy atom. The number of carbonyl (C=O) groups excluding carboxylic acids is 2. The van der Waals surface area contributed by atoms with Crippen molar-refractivity contribution in [3.8, 4) is 11.6 Å². The van der Waals surface area contributed by atoms with Crippen LogP contribution in [0.2, 0.25) is 0 Å². The van der Waals surface area contributed by atoms with Crippen LogP contribution in [0.15, 0.2) is 12.3 Å². The number of methoxy groups -OCH3 is 2. The third-order valence-corrected chi connectivity index (χ3v) is 3.32. The van der Waals surface area contributed by atoms with Crippen molar-refractivity contribution in [1.29, 1.82) is 5.41 Å². The first-order valence-electron chi connectivity index (χ1n) is 7.49. The summed E-state index contributed by atoms with van der Waals surface area (Å²) >= 11 is 0. The Labute approximate surface area is 144 Å². The molecule has 9 heteroatoms. The quantitative estimate of drug-likeness (QED) is 0.333. The van der Waals surface area contributed by atoms with Gasteiger partial charge >= 0.3 is 11.9 Å². The number of rotatable bonds is 7. The van der Waals surface area contributed by atoms with E-state index in [1.54, 1.807) is 0 Å². The Hall–Kier alpha value is -2.68. The lowest BCUT2D eigenvalue weighted by Crippen LogP contribution is -2.49. The van der Waals surface area contributed by atoms with E-state index < -0.39 is 23.6 Å². The third-order valence-electron chi connectivity index (χ3n) is 3.32. The van der Waals surface area contributed by atoms with Gasteiger partial charge in [0.2, 0.25) is 0 Å². The highest BCUT2D eigenvalue weighted by molar-refractivity contribution is 6.22. The summed E-state index contributed by atoms with van der Waals surface area (Å²) in [6.07, 6.45) is 1.31. The number of esters is 2. The smallest absolute Gasteiger partial charge is 0.329 e. The maximum atomic E-state index is 12.1. The molecular formula is C16H20N2O7. The normalized spacial score (nSPS) is 16.8. The lowest BCUT2D eigenvalue weighted by molar-refractivity contribution is -0.235. The van der Waals surface area contributed by atoms with Gasteiger partial charge in [-0.15, -0.1) is 0 Å². The van der Waals surface area contributed by atoms with Crippen molar-refractivity contribution < 1.29 is 33.3 Å². The van der Waals surface area contributed by atoms with Crippen molar-refractivity contribution >= 4 is 17.7 Å². The van der Waals surface area contributed by atoms with Gasteiger partial charge in [-0.3, -0.25) is 9.59 Å². The van der Waals surface area contributed by atoms with Crippen LogP contribution in [-0.4, -0.2) is 55.9 Å². The molecule has 0 aromatic carbocycles. The van der Waals surface area contributed by atoms with Crippen LogP contribution in [0, 0.1) is 11.3 Å². The standard InChI is InChI=1S/C16H20N2O7/c1-16(2)24-14(19)11(15(20)25-16)12(17)9-7-10(23-6-5-21-3)13(22-4)18-8-9/h7-8,11,17H,5-6H2,1-4H3. The Bertz CT molecular complexity index is 667. The molecule has 0 aliphatic carbocycles. The molecule has 25 heavy (non-hydrogen) atoms. The van der Waals surface area contributed by atoms with E-state index in [-0.39, 0.29) is 29.5 Å². The molecule has 0 amide bonds. The molecule has 0 saturated carbocycles. The van der Waals surface area contributed by atoms with Crippen molar-refractivity contribution in [2.75, 3.05) is 27.4 Å². The first-order chi connectivity index (χ1) is 11.8. The predicted octanol–water partition coefficient (Wildman–Crippen LogP) is 0.936. The van der Waals surface area contributed by atoms with E-state index in [1.807, 2.05) is 0 Å². The number of aromatic nitrogens is 1. The Morgan fingerprint density at radius 3 is 2.44 bits per heavy atom. The molecule has 1 aromatic heterocycles. The van der Waals surface area contributed by atoms with Gasteiger partial charge in [-0.1, -0.05) is 0 Å².